The van der Waals surface area contributed by atoms with Crippen molar-refractivity contribution < 1.29 is 22.4 Å². The van der Waals surface area contributed by atoms with Gasteiger partial charge in [0.1, 0.15) is 11.6 Å². The topological polar surface area (TPSA) is 113 Å². The minimum Gasteiger partial charge on any atom is -0.355 e. The summed E-state index contributed by atoms with van der Waals surface area (Å²) in [6.07, 6.45) is 2.03. The molecule has 2 aromatic rings. The lowest BCUT2D eigenvalue weighted by atomic mass is 10.1. The minimum absolute atomic E-state index is 0.151. The van der Waals surface area contributed by atoms with Gasteiger partial charge in [-0.25, -0.2) is 27.1 Å². The Labute approximate surface area is 180 Å². The van der Waals surface area contributed by atoms with Gasteiger partial charge in [-0.3, -0.25) is 9.59 Å². The van der Waals surface area contributed by atoms with Gasteiger partial charge in [0.15, 0.2) is 0 Å². The Bertz CT molecular complexity index is 1140. The largest absolute Gasteiger partial charge is 0.355 e. The summed E-state index contributed by atoms with van der Waals surface area (Å²) in [5, 5.41) is 2.53. The second-order valence-corrected chi connectivity index (χ2v) is 9.62. The normalized spacial score (nSPS) is 16.6. The smallest absolute Gasteiger partial charge is 0.256 e. The fourth-order valence-corrected chi connectivity index (χ4v) is 4.33. The molecule has 1 unspecified atom stereocenters. The van der Waals surface area contributed by atoms with E-state index in [2.05, 4.69) is 15.3 Å². The maximum Gasteiger partial charge on any atom is 0.256 e. The highest BCUT2D eigenvalue weighted by atomic mass is 32.2. The monoisotopic (exact) mass is 449 g/mol. The van der Waals surface area contributed by atoms with E-state index < -0.39 is 21.7 Å². The highest BCUT2D eigenvalue weighted by Crippen LogP contribution is 2.28. The fourth-order valence-electron chi connectivity index (χ4n) is 3.40. The molecule has 31 heavy (non-hydrogen) atoms. The van der Waals surface area contributed by atoms with Crippen molar-refractivity contribution in [1.82, 2.24) is 24.5 Å². The molecule has 0 radical (unpaired) electrons. The Hall–Kier alpha value is -2.92. The summed E-state index contributed by atoms with van der Waals surface area (Å²) < 4.78 is 40.1. The summed E-state index contributed by atoms with van der Waals surface area (Å²) in [6.45, 7) is 2.33. The number of nitrogens with zero attached hydrogens (tertiary/aromatic N) is 4. The molecule has 1 aliphatic heterocycles. The van der Waals surface area contributed by atoms with E-state index in [1.54, 1.807) is 6.92 Å². The summed E-state index contributed by atoms with van der Waals surface area (Å²) in [5.41, 5.74) is 0.607. The van der Waals surface area contributed by atoms with E-state index in [-0.39, 0.29) is 28.8 Å². The molecule has 2 amide bonds. The predicted octanol–water partition coefficient (Wildman–Crippen LogP) is 1.16. The molecule has 0 bridgehead atoms. The number of hydrogen-bond acceptors (Lipinski definition) is 6. The molecule has 2 heterocycles. The number of likely N-dealkylation sites (tertiary alicyclic amines) is 1. The van der Waals surface area contributed by atoms with Gasteiger partial charge in [-0.05, 0) is 31.5 Å². The van der Waals surface area contributed by atoms with E-state index in [1.807, 2.05) is 0 Å². The van der Waals surface area contributed by atoms with Crippen LogP contribution in [-0.2, 0) is 10.0 Å². The lowest BCUT2D eigenvalue weighted by molar-refractivity contribution is 0.0785. The van der Waals surface area contributed by atoms with Gasteiger partial charge in [0.25, 0.3) is 11.8 Å². The van der Waals surface area contributed by atoms with Crippen LogP contribution in [0.25, 0.3) is 0 Å². The van der Waals surface area contributed by atoms with Crippen LogP contribution in [0.3, 0.4) is 0 Å². The molecule has 166 valence electrons. The standard InChI is InChI=1S/C20H24FN5O4S/c1-12-16(19(27)22-2)10-23-18(24-12)13-7-8-26(11-13)20(28)15-9-14(5-6-17(15)21)31(29,30)25(3)4/h5-6,9-10,13H,7-8,11H2,1-4H3,(H,22,27). The van der Waals surface area contributed by atoms with E-state index in [1.165, 1.54) is 32.2 Å². The van der Waals surface area contributed by atoms with Crippen LogP contribution in [0.15, 0.2) is 29.3 Å². The highest BCUT2D eigenvalue weighted by molar-refractivity contribution is 7.89. The van der Waals surface area contributed by atoms with Crippen molar-refractivity contribution in [3.05, 3.63) is 52.9 Å². The van der Waals surface area contributed by atoms with Gasteiger partial charge in [0.05, 0.1) is 21.7 Å². The van der Waals surface area contributed by atoms with Gasteiger partial charge in [-0.2, -0.15) is 0 Å². The molecule has 0 saturated carbocycles. The molecule has 9 nitrogen and oxygen atoms in total. The Kier molecular flexibility index (Phi) is 6.37. The maximum absolute atomic E-state index is 14.4. The van der Waals surface area contributed by atoms with Gasteiger partial charge in [0, 0.05) is 46.3 Å². The Morgan fingerprint density at radius 3 is 2.58 bits per heavy atom. The van der Waals surface area contributed by atoms with E-state index >= 15 is 0 Å². The fraction of sp³-hybridized carbons (Fsp3) is 0.400. The number of carbonyl (C=O) groups is 2. The van der Waals surface area contributed by atoms with Gasteiger partial charge in [-0.15, -0.1) is 0 Å². The number of benzene rings is 1. The second kappa shape index (κ2) is 8.67. The van der Waals surface area contributed by atoms with Crippen LogP contribution in [-0.4, -0.2) is 73.6 Å². The molecule has 0 spiro atoms. The number of hydrogen-bond donors (Lipinski definition) is 1. The number of aromatic nitrogens is 2. The molecule has 1 N–H and O–H groups in total. The average molecular weight is 450 g/mol. The highest BCUT2D eigenvalue weighted by Gasteiger charge is 2.32. The zero-order chi connectivity index (χ0) is 22.9. The summed E-state index contributed by atoms with van der Waals surface area (Å²) >= 11 is 0. The quantitative estimate of drug-likeness (QED) is 0.733. The van der Waals surface area contributed by atoms with E-state index in [4.69, 9.17) is 0 Å². The van der Waals surface area contributed by atoms with Gasteiger partial charge >= 0.3 is 0 Å². The number of rotatable bonds is 5. The first-order chi connectivity index (χ1) is 14.6. The zero-order valence-corrected chi connectivity index (χ0v) is 18.5. The molecule has 1 atom stereocenters. The summed E-state index contributed by atoms with van der Waals surface area (Å²) in [7, 11) is 0.448. The molecule has 1 saturated heterocycles. The van der Waals surface area contributed by atoms with Crippen LogP contribution in [0.1, 0.15) is 44.6 Å². The first-order valence-corrected chi connectivity index (χ1v) is 11.1. The minimum atomic E-state index is -3.80. The second-order valence-electron chi connectivity index (χ2n) is 7.47. The first-order valence-electron chi connectivity index (χ1n) is 9.63. The summed E-state index contributed by atoms with van der Waals surface area (Å²) in [5.74, 6) is -1.32. The van der Waals surface area contributed by atoms with E-state index in [9.17, 15) is 22.4 Å². The van der Waals surface area contributed by atoms with Crippen molar-refractivity contribution in [3.63, 3.8) is 0 Å². The van der Waals surface area contributed by atoms with Crippen LogP contribution < -0.4 is 5.32 Å². The lowest BCUT2D eigenvalue weighted by Gasteiger charge is -2.18. The van der Waals surface area contributed by atoms with E-state index in [0.29, 0.717) is 30.0 Å². The predicted molar refractivity (Wildman–Crippen MR) is 111 cm³/mol. The average Bonchev–Trinajstić information content (AvgIpc) is 3.23. The van der Waals surface area contributed by atoms with Crippen molar-refractivity contribution in [2.24, 2.45) is 0 Å². The van der Waals surface area contributed by atoms with Crippen LogP contribution >= 0.6 is 0 Å². The SMILES string of the molecule is CNC(=O)c1cnc(C2CCN(C(=O)c3cc(S(=O)(=O)N(C)C)ccc3F)C2)nc1C. The molecular formula is C20H24FN5O4S. The molecule has 1 aromatic carbocycles. The number of halogens is 1. The maximum atomic E-state index is 14.4. The van der Waals surface area contributed by atoms with Crippen LogP contribution in [0.2, 0.25) is 0 Å². The van der Waals surface area contributed by atoms with Crippen molar-refractivity contribution >= 4 is 21.8 Å². The third kappa shape index (κ3) is 4.42. The zero-order valence-electron chi connectivity index (χ0n) is 17.7. The third-order valence-electron chi connectivity index (χ3n) is 5.26. The van der Waals surface area contributed by atoms with Gasteiger partial charge in [-0.1, -0.05) is 0 Å². The lowest BCUT2D eigenvalue weighted by Crippen LogP contribution is -2.30. The number of amides is 2. The van der Waals surface area contributed by atoms with Crippen LogP contribution in [0.4, 0.5) is 4.39 Å². The Balaban J connectivity index is 1.81. The van der Waals surface area contributed by atoms with Crippen molar-refractivity contribution in [1.29, 1.82) is 0 Å². The van der Waals surface area contributed by atoms with Gasteiger partial charge in [0.2, 0.25) is 10.0 Å². The number of aryl methyl sites for hydroxylation is 1. The van der Waals surface area contributed by atoms with Crippen molar-refractivity contribution in [3.8, 4) is 0 Å². The van der Waals surface area contributed by atoms with Gasteiger partial charge < -0.3 is 10.2 Å². The van der Waals surface area contributed by atoms with Crippen molar-refractivity contribution in [2.45, 2.75) is 24.2 Å². The molecule has 0 aliphatic carbocycles. The number of carbonyl (C=O) groups excluding carboxylic acids is 2. The van der Waals surface area contributed by atoms with Crippen molar-refractivity contribution in [2.75, 3.05) is 34.2 Å². The summed E-state index contributed by atoms with van der Waals surface area (Å²) in [4.78, 5) is 34.7. The number of sulfonamides is 1. The summed E-state index contributed by atoms with van der Waals surface area (Å²) in [6, 6.07) is 3.19. The Morgan fingerprint density at radius 1 is 1.26 bits per heavy atom. The molecule has 1 aliphatic rings. The molecule has 11 heteroatoms. The molecular weight excluding hydrogens is 425 g/mol. The third-order valence-corrected chi connectivity index (χ3v) is 7.07. The van der Waals surface area contributed by atoms with Crippen LogP contribution in [0.5, 0.6) is 0 Å². The number of nitrogens with one attached hydrogen (secondary N) is 1. The van der Waals surface area contributed by atoms with E-state index in [0.717, 1.165) is 22.5 Å². The molecule has 1 aromatic heterocycles. The first kappa shape index (κ1) is 22.8. The molecule has 1 fully saturated rings. The van der Waals surface area contributed by atoms with Crippen LogP contribution in [0, 0.1) is 12.7 Å². The Morgan fingerprint density at radius 2 is 1.97 bits per heavy atom. The molecule has 3 rings (SSSR count).